The zero-order valence-electron chi connectivity index (χ0n) is 11.9. The van der Waals surface area contributed by atoms with Gasteiger partial charge in [-0.25, -0.2) is 0 Å². The predicted molar refractivity (Wildman–Crippen MR) is 75.0 cm³/mol. The van der Waals surface area contributed by atoms with Crippen molar-refractivity contribution in [1.29, 1.82) is 0 Å². The van der Waals surface area contributed by atoms with Gasteiger partial charge in [0.2, 0.25) is 11.7 Å². The third-order valence-electron chi connectivity index (χ3n) is 3.22. The van der Waals surface area contributed by atoms with Crippen molar-refractivity contribution in [2.75, 3.05) is 0 Å². The molecule has 112 valence electrons. The highest BCUT2D eigenvalue weighted by Crippen LogP contribution is 2.22. The zero-order valence-corrected chi connectivity index (χ0v) is 11.9. The Balaban J connectivity index is 1.88. The van der Waals surface area contributed by atoms with Crippen LogP contribution in [-0.2, 0) is 6.54 Å². The second kappa shape index (κ2) is 5.35. The lowest BCUT2D eigenvalue weighted by Gasteiger charge is -1.98. The molecule has 0 aromatic carbocycles. The molecule has 0 radical (unpaired) electrons. The van der Waals surface area contributed by atoms with E-state index in [9.17, 15) is 10.1 Å². The molecule has 0 unspecified atom stereocenters. The average Bonchev–Trinajstić information content (AvgIpc) is 3.06. The van der Waals surface area contributed by atoms with Crippen LogP contribution < -0.4 is 0 Å². The molecule has 0 aliphatic rings. The summed E-state index contributed by atoms with van der Waals surface area (Å²) in [6, 6.07) is 3.53. The van der Waals surface area contributed by atoms with Gasteiger partial charge in [-0.1, -0.05) is 5.16 Å². The summed E-state index contributed by atoms with van der Waals surface area (Å²) in [7, 11) is 0. The molecule has 0 spiro atoms. The van der Waals surface area contributed by atoms with Gasteiger partial charge in [0.15, 0.2) is 0 Å². The number of nitro groups is 1. The molecule has 9 heteroatoms. The highest BCUT2D eigenvalue weighted by molar-refractivity contribution is 5.52. The van der Waals surface area contributed by atoms with Crippen molar-refractivity contribution in [2.45, 2.75) is 20.4 Å². The van der Waals surface area contributed by atoms with Gasteiger partial charge in [0.05, 0.1) is 4.92 Å². The summed E-state index contributed by atoms with van der Waals surface area (Å²) in [6.07, 6.45) is 3.27. The van der Waals surface area contributed by atoms with Crippen LogP contribution in [0, 0.1) is 24.0 Å². The summed E-state index contributed by atoms with van der Waals surface area (Å²) >= 11 is 0. The van der Waals surface area contributed by atoms with Crippen molar-refractivity contribution in [1.82, 2.24) is 24.9 Å². The number of pyridine rings is 1. The van der Waals surface area contributed by atoms with Crippen LogP contribution in [0.5, 0.6) is 0 Å². The maximum Gasteiger partial charge on any atom is 0.312 e. The standard InChI is InChI=1S/C13H12N6O3/c1-8-12(19(20)21)9(2)18(16-8)7-11-15-13(17-22-11)10-3-5-14-6-4-10/h3-6H,7H2,1-2H3. The van der Waals surface area contributed by atoms with Gasteiger partial charge < -0.3 is 4.52 Å². The lowest BCUT2D eigenvalue weighted by molar-refractivity contribution is -0.386. The quantitative estimate of drug-likeness (QED) is 0.534. The number of rotatable bonds is 4. The van der Waals surface area contributed by atoms with E-state index in [0.29, 0.717) is 23.1 Å². The molecule has 9 nitrogen and oxygen atoms in total. The molecule has 0 aliphatic heterocycles. The minimum atomic E-state index is -0.440. The highest BCUT2D eigenvalue weighted by Gasteiger charge is 2.22. The van der Waals surface area contributed by atoms with Crippen molar-refractivity contribution < 1.29 is 9.45 Å². The van der Waals surface area contributed by atoms with E-state index in [1.807, 2.05) is 0 Å². The SMILES string of the molecule is Cc1nn(Cc2nc(-c3ccncc3)no2)c(C)c1[N+](=O)[O-]. The first-order valence-corrected chi connectivity index (χ1v) is 6.47. The van der Waals surface area contributed by atoms with E-state index >= 15 is 0 Å². The molecule has 22 heavy (non-hydrogen) atoms. The lowest BCUT2D eigenvalue weighted by atomic mass is 10.2. The molecular formula is C13H12N6O3. The Hall–Kier alpha value is -3.10. The van der Waals surface area contributed by atoms with Gasteiger partial charge in [-0.3, -0.25) is 19.8 Å². The molecule has 0 atom stereocenters. The van der Waals surface area contributed by atoms with E-state index in [2.05, 4.69) is 20.2 Å². The maximum atomic E-state index is 11.0. The Labute approximate surface area is 124 Å². The van der Waals surface area contributed by atoms with Gasteiger partial charge in [-0.05, 0) is 26.0 Å². The minimum absolute atomic E-state index is 0.00822. The topological polar surface area (TPSA) is 113 Å². The molecular weight excluding hydrogens is 288 g/mol. The zero-order chi connectivity index (χ0) is 15.7. The van der Waals surface area contributed by atoms with Crippen LogP contribution in [0.3, 0.4) is 0 Å². The van der Waals surface area contributed by atoms with Gasteiger partial charge in [-0.15, -0.1) is 0 Å². The Morgan fingerprint density at radius 3 is 2.68 bits per heavy atom. The molecule has 0 aliphatic carbocycles. The average molecular weight is 300 g/mol. The molecule has 0 bridgehead atoms. The number of aryl methyl sites for hydroxylation is 1. The molecule has 3 heterocycles. The number of hydrogen-bond donors (Lipinski definition) is 0. The van der Waals surface area contributed by atoms with E-state index in [1.165, 1.54) is 4.68 Å². The van der Waals surface area contributed by atoms with E-state index in [4.69, 9.17) is 4.52 Å². The Kier molecular flexibility index (Phi) is 3.37. The second-order valence-electron chi connectivity index (χ2n) is 4.68. The lowest BCUT2D eigenvalue weighted by Crippen LogP contribution is -2.04. The molecule has 3 rings (SSSR count). The fourth-order valence-corrected chi connectivity index (χ4v) is 2.17. The molecule has 3 aromatic rings. The van der Waals surface area contributed by atoms with Crippen molar-refractivity contribution in [3.8, 4) is 11.4 Å². The second-order valence-corrected chi connectivity index (χ2v) is 4.68. The van der Waals surface area contributed by atoms with Crippen LogP contribution >= 0.6 is 0 Å². The summed E-state index contributed by atoms with van der Waals surface area (Å²) in [4.78, 5) is 18.7. The Bertz CT molecular complexity index is 824. The summed E-state index contributed by atoms with van der Waals surface area (Å²) in [6.45, 7) is 3.41. The first-order chi connectivity index (χ1) is 10.6. The molecule has 3 aromatic heterocycles. The third-order valence-corrected chi connectivity index (χ3v) is 3.22. The van der Waals surface area contributed by atoms with Gasteiger partial charge in [0.25, 0.3) is 0 Å². The van der Waals surface area contributed by atoms with Gasteiger partial charge >= 0.3 is 5.69 Å². The van der Waals surface area contributed by atoms with Gasteiger partial charge in [-0.2, -0.15) is 10.1 Å². The van der Waals surface area contributed by atoms with Gasteiger partial charge in [0, 0.05) is 18.0 Å². The highest BCUT2D eigenvalue weighted by atomic mass is 16.6. The molecule has 0 amide bonds. The molecule has 0 N–H and O–H groups in total. The Morgan fingerprint density at radius 2 is 2.05 bits per heavy atom. The van der Waals surface area contributed by atoms with Crippen LogP contribution in [-0.4, -0.2) is 29.8 Å². The third kappa shape index (κ3) is 2.43. The van der Waals surface area contributed by atoms with Crippen LogP contribution in [0.2, 0.25) is 0 Å². The molecule has 0 saturated carbocycles. The first-order valence-electron chi connectivity index (χ1n) is 6.47. The monoisotopic (exact) mass is 300 g/mol. The molecule has 0 saturated heterocycles. The van der Waals surface area contributed by atoms with Crippen molar-refractivity contribution in [3.05, 3.63) is 51.9 Å². The van der Waals surface area contributed by atoms with E-state index < -0.39 is 4.92 Å². The van der Waals surface area contributed by atoms with Crippen molar-refractivity contribution in [3.63, 3.8) is 0 Å². The summed E-state index contributed by atoms with van der Waals surface area (Å²) in [5, 5.41) is 19.0. The normalized spacial score (nSPS) is 10.8. The fourth-order valence-electron chi connectivity index (χ4n) is 2.17. The Morgan fingerprint density at radius 1 is 1.32 bits per heavy atom. The summed E-state index contributed by atoms with van der Waals surface area (Å²) < 4.78 is 6.66. The molecule has 0 fully saturated rings. The minimum Gasteiger partial charge on any atom is -0.337 e. The van der Waals surface area contributed by atoms with E-state index in [0.717, 1.165) is 5.56 Å². The number of aromatic nitrogens is 5. The smallest absolute Gasteiger partial charge is 0.312 e. The van der Waals surface area contributed by atoms with Crippen molar-refractivity contribution >= 4 is 5.69 Å². The summed E-state index contributed by atoms with van der Waals surface area (Å²) in [5.41, 5.74) is 1.60. The first kappa shape index (κ1) is 13.9. The predicted octanol–water partition coefficient (Wildman–Crippen LogP) is 1.90. The van der Waals surface area contributed by atoms with E-state index in [-0.39, 0.29) is 12.2 Å². The maximum absolute atomic E-state index is 11.0. The van der Waals surface area contributed by atoms with Gasteiger partial charge in [0.1, 0.15) is 17.9 Å². The van der Waals surface area contributed by atoms with Crippen LogP contribution in [0.1, 0.15) is 17.3 Å². The van der Waals surface area contributed by atoms with Crippen molar-refractivity contribution in [2.24, 2.45) is 0 Å². The largest absolute Gasteiger partial charge is 0.337 e. The van der Waals surface area contributed by atoms with Crippen LogP contribution in [0.4, 0.5) is 5.69 Å². The van der Waals surface area contributed by atoms with E-state index in [1.54, 1.807) is 38.4 Å². The number of nitrogens with zero attached hydrogens (tertiary/aromatic N) is 6. The number of hydrogen-bond acceptors (Lipinski definition) is 7. The fraction of sp³-hybridized carbons (Fsp3) is 0.231. The van der Waals surface area contributed by atoms with Crippen LogP contribution in [0.25, 0.3) is 11.4 Å². The van der Waals surface area contributed by atoms with Crippen LogP contribution in [0.15, 0.2) is 29.0 Å². The summed E-state index contributed by atoms with van der Waals surface area (Å²) in [5.74, 6) is 0.765.